The number of benzene rings is 1. The van der Waals surface area contributed by atoms with Gasteiger partial charge in [0.25, 0.3) is 5.78 Å². The zero-order chi connectivity index (χ0) is 21.4. The predicted molar refractivity (Wildman–Crippen MR) is 109 cm³/mol. The Labute approximate surface area is 169 Å². The molecule has 0 radical (unpaired) electrons. The smallest absolute Gasteiger partial charge is 0.252 e. The molecular weight excluding hydrogens is 392 g/mol. The molecule has 3 aromatic rings. The summed E-state index contributed by atoms with van der Waals surface area (Å²) in [6, 6.07) is 6.16. The fourth-order valence-electron chi connectivity index (χ4n) is 2.98. The second kappa shape index (κ2) is 7.53. The predicted octanol–water partition coefficient (Wildman–Crippen LogP) is 2.00. The van der Waals surface area contributed by atoms with Crippen LogP contribution >= 0.6 is 0 Å². The molecule has 2 aromatic heterocycles. The van der Waals surface area contributed by atoms with E-state index in [-0.39, 0.29) is 17.2 Å². The molecule has 2 heterocycles. The summed E-state index contributed by atoms with van der Waals surface area (Å²) >= 11 is 0. The maximum absolute atomic E-state index is 12.6. The molecule has 154 valence electrons. The summed E-state index contributed by atoms with van der Waals surface area (Å²) in [5.74, 6) is 0.198. The molecular formula is C19H24N6O3S. The molecule has 0 aliphatic rings. The molecule has 0 atom stereocenters. The van der Waals surface area contributed by atoms with Gasteiger partial charge in [0.2, 0.25) is 15.9 Å². The van der Waals surface area contributed by atoms with E-state index >= 15 is 0 Å². The summed E-state index contributed by atoms with van der Waals surface area (Å²) < 4.78 is 29.2. The van der Waals surface area contributed by atoms with E-state index in [4.69, 9.17) is 0 Å². The lowest BCUT2D eigenvalue weighted by atomic mass is 10.1. The van der Waals surface area contributed by atoms with Crippen LogP contribution in [-0.4, -0.2) is 39.4 Å². The second-order valence-electron chi connectivity index (χ2n) is 7.84. The molecule has 0 aliphatic heterocycles. The van der Waals surface area contributed by atoms with Gasteiger partial charge in [-0.25, -0.2) is 22.6 Å². The number of hydrogen-bond acceptors (Lipinski definition) is 6. The van der Waals surface area contributed by atoms with Crippen LogP contribution in [0.2, 0.25) is 0 Å². The van der Waals surface area contributed by atoms with Crippen LogP contribution in [0, 0.1) is 13.8 Å². The average molecular weight is 417 g/mol. The Balaban J connectivity index is 1.80. The molecule has 0 saturated carbocycles. The van der Waals surface area contributed by atoms with E-state index in [0.717, 1.165) is 11.3 Å². The number of amides is 1. The van der Waals surface area contributed by atoms with Crippen LogP contribution in [0.4, 0.5) is 5.69 Å². The van der Waals surface area contributed by atoms with Gasteiger partial charge < -0.3 is 5.32 Å². The summed E-state index contributed by atoms with van der Waals surface area (Å²) in [5, 5.41) is 6.87. The van der Waals surface area contributed by atoms with E-state index in [2.05, 4.69) is 25.1 Å². The van der Waals surface area contributed by atoms with Gasteiger partial charge in [-0.2, -0.15) is 10.1 Å². The van der Waals surface area contributed by atoms with Crippen molar-refractivity contribution in [2.45, 2.75) is 51.5 Å². The molecule has 9 nitrogen and oxygen atoms in total. The monoisotopic (exact) mass is 416 g/mol. The highest BCUT2D eigenvalue weighted by atomic mass is 32.2. The molecule has 0 bridgehead atoms. The second-order valence-corrected chi connectivity index (χ2v) is 9.52. The summed E-state index contributed by atoms with van der Waals surface area (Å²) in [5.41, 5.74) is 2.02. The number of fused-ring (bicyclic) bond motifs is 1. The molecule has 3 rings (SSSR count). The van der Waals surface area contributed by atoms with Crippen LogP contribution in [0.15, 0.2) is 35.5 Å². The highest BCUT2D eigenvalue weighted by Crippen LogP contribution is 2.19. The number of nitrogens with one attached hydrogen (secondary N) is 2. The number of hydrogen-bond donors (Lipinski definition) is 2. The lowest BCUT2D eigenvalue weighted by Gasteiger charge is -2.20. The van der Waals surface area contributed by atoms with Crippen molar-refractivity contribution in [2.24, 2.45) is 0 Å². The van der Waals surface area contributed by atoms with Crippen LogP contribution in [-0.2, 0) is 21.2 Å². The first-order valence-corrected chi connectivity index (χ1v) is 10.5. The zero-order valence-corrected chi connectivity index (χ0v) is 17.8. The lowest BCUT2D eigenvalue weighted by Crippen LogP contribution is -2.40. The van der Waals surface area contributed by atoms with Crippen molar-refractivity contribution in [1.29, 1.82) is 0 Å². The third kappa shape index (κ3) is 4.77. The number of nitrogens with zero attached hydrogens (tertiary/aromatic N) is 4. The fraction of sp³-hybridized carbons (Fsp3) is 0.368. The molecule has 2 N–H and O–H groups in total. The van der Waals surface area contributed by atoms with Crippen molar-refractivity contribution in [1.82, 2.24) is 24.3 Å². The minimum atomic E-state index is -3.70. The van der Waals surface area contributed by atoms with Crippen molar-refractivity contribution in [3.05, 3.63) is 47.5 Å². The van der Waals surface area contributed by atoms with Gasteiger partial charge >= 0.3 is 0 Å². The molecule has 10 heteroatoms. The van der Waals surface area contributed by atoms with E-state index in [1.807, 2.05) is 13.8 Å². The Morgan fingerprint density at radius 1 is 1.21 bits per heavy atom. The Kier molecular flexibility index (Phi) is 5.42. The quantitative estimate of drug-likeness (QED) is 0.657. The minimum Gasteiger partial charge on any atom is -0.326 e. The highest BCUT2D eigenvalue weighted by Gasteiger charge is 2.22. The zero-order valence-electron chi connectivity index (χ0n) is 17.0. The van der Waals surface area contributed by atoms with Gasteiger partial charge in [-0.3, -0.25) is 4.79 Å². The fourth-order valence-corrected chi connectivity index (χ4v) is 4.44. The Bertz CT molecular complexity index is 1180. The Morgan fingerprint density at radius 3 is 2.62 bits per heavy atom. The third-order valence-corrected chi connectivity index (χ3v) is 5.95. The van der Waals surface area contributed by atoms with Crippen molar-refractivity contribution in [3.63, 3.8) is 0 Å². The van der Waals surface area contributed by atoms with E-state index in [0.29, 0.717) is 17.2 Å². The first-order valence-electron chi connectivity index (χ1n) is 9.06. The lowest BCUT2D eigenvalue weighted by molar-refractivity contribution is -0.115. The normalized spacial score (nSPS) is 12.3. The molecule has 0 fully saturated rings. The maximum Gasteiger partial charge on any atom is 0.252 e. The van der Waals surface area contributed by atoms with Crippen molar-refractivity contribution >= 4 is 27.4 Å². The first kappa shape index (κ1) is 20.9. The van der Waals surface area contributed by atoms with Crippen molar-refractivity contribution in [3.8, 4) is 0 Å². The summed E-state index contributed by atoms with van der Waals surface area (Å²) in [7, 11) is -3.70. The molecule has 0 spiro atoms. The topological polar surface area (TPSA) is 118 Å². The molecule has 29 heavy (non-hydrogen) atoms. The van der Waals surface area contributed by atoms with Crippen LogP contribution in [0.3, 0.4) is 0 Å². The van der Waals surface area contributed by atoms with Gasteiger partial charge in [-0.1, -0.05) is 6.07 Å². The summed E-state index contributed by atoms with van der Waals surface area (Å²) in [6.45, 7) is 8.96. The first-order chi connectivity index (χ1) is 13.5. The van der Waals surface area contributed by atoms with Crippen molar-refractivity contribution in [2.75, 3.05) is 5.32 Å². The largest absolute Gasteiger partial charge is 0.326 e. The van der Waals surface area contributed by atoms with E-state index in [9.17, 15) is 13.2 Å². The average Bonchev–Trinajstić information content (AvgIpc) is 3.05. The Hall–Kier alpha value is -2.85. The van der Waals surface area contributed by atoms with E-state index < -0.39 is 15.6 Å². The number of carbonyl (C=O) groups is 1. The van der Waals surface area contributed by atoms with Gasteiger partial charge in [0.05, 0.1) is 11.3 Å². The molecule has 0 aliphatic carbocycles. The summed E-state index contributed by atoms with van der Waals surface area (Å²) in [6.07, 6.45) is 1.49. The van der Waals surface area contributed by atoms with Crippen LogP contribution in [0.1, 0.15) is 37.7 Å². The highest BCUT2D eigenvalue weighted by molar-refractivity contribution is 7.89. The SMILES string of the molecule is Cc1nc2ncnn2c(C)c1CC(=O)Nc1cccc(S(=O)(=O)NC(C)(C)C)c1. The Morgan fingerprint density at radius 2 is 1.93 bits per heavy atom. The van der Waals surface area contributed by atoms with Crippen LogP contribution < -0.4 is 10.0 Å². The number of carbonyl (C=O) groups excluding carboxylic acids is 1. The number of rotatable bonds is 5. The third-order valence-electron chi connectivity index (χ3n) is 4.19. The molecule has 1 aromatic carbocycles. The number of aromatic nitrogens is 4. The number of anilines is 1. The van der Waals surface area contributed by atoms with E-state index in [1.165, 1.54) is 18.5 Å². The summed E-state index contributed by atoms with van der Waals surface area (Å²) in [4.78, 5) is 21.1. The number of sulfonamides is 1. The van der Waals surface area contributed by atoms with Crippen LogP contribution in [0.5, 0.6) is 0 Å². The minimum absolute atomic E-state index is 0.0810. The van der Waals surface area contributed by atoms with Crippen LogP contribution in [0.25, 0.3) is 5.78 Å². The van der Waals surface area contributed by atoms with Gasteiger partial charge in [0.1, 0.15) is 6.33 Å². The van der Waals surface area contributed by atoms with Crippen molar-refractivity contribution < 1.29 is 13.2 Å². The number of aryl methyl sites for hydroxylation is 2. The van der Waals surface area contributed by atoms with E-state index in [1.54, 1.807) is 37.4 Å². The molecule has 0 saturated heterocycles. The molecule has 0 unspecified atom stereocenters. The van der Waals surface area contributed by atoms with Gasteiger partial charge in [-0.05, 0) is 52.8 Å². The van der Waals surface area contributed by atoms with Gasteiger partial charge in [0, 0.05) is 28.2 Å². The maximum atomic E-state index is 12.6. The van der Waals surface area contributed by atoms with Gasteiger partial charge in [0.15, 0.2) is 0 Å². The van der Waals surface area contributed by atoms with Gasteiger partial charge in [-0.15, -0.1) is 0 Å². The molecule has 1 amide bonds. The standard InChI is InChI=1S/C19H24N6O3S/c1-12-16(13(2)25-18(22-12)20-11-21-25)10-17(26)23-14-7-6-8-15(9-14)29(27,28)24-19(3,4)5/h6-9,11,24H,10H2,1-5H3,(H,23,26).